The normalized spacial score (nSPS) is 14.8. The topological polar surface area (TPSA) is 29.5 Å². The van der Waals surface area contributed by atoms with E-state index in [0.29, 0.717) is 17.6 Å². The Morgan fingerprint density at radius 3 is 2.11 bits per heavy atom. The number of aliphatic hydroxyl groups excluding tert-OH is 1. The van der Waals surface area contributed by atoms with Crippen LogP contribution in [0.3, 0.4) is 0 Å². The summed E-state index contributed by atoms with van der Waals surface area (Å²) in [6.07, 6.45) is 6.10. The lowest BCUT2D eigenvalue weighted by atomic mass is 10.0. The van der Waals surface area contributed by atoms with Crippen LogP contribution in [0.4, 0.5) is 0 Å². The van der Waals surface area contributed by atoms with Crippen molar-refractivity contribution in [2.24, 2.45) is 5.92 Å². The summed E-state index contributed by atoms with van der Waals surface area (Å²) in [5.74, 6) is 0.466. The maximum atomic E-state index is 8.93. The summed E-state index contributed by atoms with van der Waals surface area (Å²) in [6.45, 7) is 14.9. The number of hydrogen-bond acceptors (Lipinski definition) is 2. The summed E-state index contributed by atoms with van der Waals surface area (Å²) in [4.78, 5) is 0. The molecule has 0 aliphatic carbocycles. The molecule has 0 aliphatic heterocycles. The summed E-state index contributed by atoms with van der Waals surface area (Å²) in [7, 11) is -1.53. The van der Waals surface area contributed by atoms with Crippen LogP contribution >= 0.6 is 0 Å². The van der Waals surface area contributed by atoms with Crippen molar-refractivity contribution in [3.05, 3.63) is 0 Å². The van der Waals surface area contributed by atoms with Crippen molar-refractivity contribution in [2.45, 2.75) is 77.9 Å². The highest BCUT2D eigenvalue weighted by Gasteiger charge is 2.36. The first-order valence-electron chi connectivity index (χ1n) is 7.45. The molecule has 0 rings (SSSR count). The van der Waals surface area contributed by atoms with Crippen molar-refractivity contribution in [3.8, 4) is 0 Å². The maximum Gasteiger partial charge on any atom is 0.191 e. The van der Waals surface area contributed by atoms with E-state index in [2.05, 4.69) is 40.8 Å². The lowest BCUT2D eigenvalue weighted by Gasteiger charge is -2.36. The zero-order valence-electron chi connectivity index (χ0n) is 13.4. The van der Waals surface area contributed by atoms with Crippen molar-refractivity contribution >= 4 is 8.32 Å². The minimum Gasteiger partial charge on any atom is -0.417 e. The number of unbranched alkanes of at least 4 members (excludes halogenated alkanes) is 3. The fourth-order valence-electron chi connectivity index (χ4n) is 1.58. The van der Waals surface area contributed by atoms with Crippen molar-refractivity contribution in [2.75, 3.05) is 13.2 Å². The van der Waals surface area contributed by atoms with Crippen molar-refractivity contribution < 1.29 is 9.53 Å². The fraction of sp³-hybridized carbons (Fsp3) is 1.00. The van der Waals surface area contributed by atoms with Crippen LogP contribution < -0.4 is 0 Å². The van der Waals surface area contributed by atoms with Crippen LogP contribution in [0.2, 0.25) is 18.1 Å². The van der Waals surface area contributed by atoms with Crippen LogP contribution in [0.1, 0.15) is 59.8 Å². The van der Waals surface area contributed by atoms with E-state index in [9.17, 15) is 0 Å². The van der Waals surface area contributed by atoms with E-state index in [0.717, 1.165) is 13.0 Å². The summed E-state index contributed by atoms with van der Waals surface area (Å²) in [6, 6.07) is 0. The highest BCUT2D eigenvalue weighted by atomic mass is 28.4. The Bertz CT molecular complexity index is 209. The molecule has 0 unspecified atom stereocenters. The van der Waals surface area contributed by atoms with Gasteiger partial charge in [0.1, 0.15) is 0 Å². The first-order chi connectivity index (χ1) is 8.20. The first kappa shape index (κ1) is 18.1. The average Bonchev–Trinajstić information content (AvgIpc) is 2.25. The van der Waals surface area contributed by atoms with Gasteiger partial charge < -0.3 is 9.53 Å². The maximum absolute atomic E-state index is 8.93. The molecule has 0 saturated heterocycles. The third-order valence-electron chi connectivity index (χ3n) is 4.17. The summed E-state index contributed by atoms with van der Waals surface area (Å²) in [5.41, 5.74) is 0. The van der Waals surface area contributed by atoms with Crippen LogP contribution in [-0.4, -0.2) is 26.6 Å². The Labute approximate surface area is 115 Å². The predicted octanol–water partition coefficient (Wildman–Crippen LogP) is 4.59. The van der Waals surface area contributed by atoms with Crippen LogP contribution in [0.25, 0.3) is 0 Å². The Morgan fingerprint density at radius 1 is 1.06 bits per heavy atom. The monoisotopic (exact) mass is 274 g/mol. The van der Waals surface area contributed by atoms with E-state index >= 15 is 0 Å². The van der Waals surface area contributed by atoms with Gasteiger partial charge in [-0.3, -0.25) is 0 Å². The Morgan fingerprint density at radius 2 is 1.61 bits per heavy atom. The van der Waals surface area contributed by atoms with Crippen molar-refractivity contribution in [1.29, 1.82) is 0 Å². The van der Waals surface area contributed by atoms with Gasteiger partial charge in [-0.25, -0.2) is 0 Å². The standard InChI is InChI=1S/C15H34O2Si/c1-14(13-16)11-9-7-8-10-12-17-18(5,6)15(2,3)4/h14,16H,7-13H2,1-6H3/t14-/m1/s1. The first-order valence-corrected chi connectivity index (χ1v) is 10.4. The number of rotatable bonds is 9. The minimum atomic E-state index is -1.53. The molecular weight excluding hydrogens is 240 g/mol. The van der Waals surface area contributed by atoms with Gasteiger partial charge in [-0.2, -0.15) is 0 Å². The second-order valence-electron chi connectivity index (χ2n) is 7.10. The van der Waals surface area contributed by atoms with Crippen LogP contribution in [0.15, 0.2) is 0 Å². The van der Waals surface area contributed by atoms with E-state index in [4.69, 9.17) is 9.53 Å². The van der Waals surface area contributed by atoms with Gasteiger partial charge >= 0.3 is 0 Å². The highest BCUT2D eigenvalue weighted by molar-refractivity contribution is 6.74. The molecule has 0 heterocycles. The van der Waals surface area contributed by atoms with Crippen LogP contribution in [0, 0.1) is 5.92 Å². The highest BCUT2D eigenvalue weighted by Crippen LogP contribution is 2.36. The van der Waals surface area contributed by atoms with Gasteiger partial charge in [0, 0.05) is 13.2 Å². The van der Waals surface area contributed by atoms with E-state index in [-0.39, 0.29) is 0 Å². The van der Waals surface area contributed by atoms with E-state index in [1.54, 1.807) is 0 Å². The molecule has 0 aliphatic rings. The van der Waals surface area contributed by atoms with E-state index in [1.165, 1.54) is 25.7 Å². The van der Waals surface area contributed by atoms with Gasteiger partial charge in [-0.15, -0.1) is 0 Å². The van der Waals surface area contributed by atoms with Gasteiger partial charge in [0.15, 0.2) is 8.32 Å². The predicted molar refractivity (Wildman–Crippen MR) is 82.5 cm³/mol. The average molecular weight is 275 g/mol. The second-order valence-corrected chi connectivity index (χ2v) is 11.9. The van der Waals surface area contributed by atoms with Gasteiger partial charge in [-0.1, -0.05) is 47.0 Å². The Hall–Kier alpha value is 0.137. The molecule has 0 radical (unpaired) electrons. The molecule has 0 aromatic heterocycles. The molecule has 0 bridgehead atoms. The summed E-state index contributed by atoms with van der Waals surface area (Å²) >= 11 is 0. The minimum absolute atomic E-state index is 0.323. The molecule has 2 nitrogen and oxygen atoms in total. The third-order valence-corrected chi connectivity index (χ3v) is 8.71. The lowest BCUT2D eigenvalue weighted by molar-refractivity contribution is 0.226. The zero-order chi connectivity index (χ0) is 14.2. The lowest BCUT2D eigenvalue weighted by Crippen LogP contribution is -2.40. The number of aliphatic hydroxyl groups is 1. The Balaban J connectivity index is 3.52. The molecule has 18 heavy (non-hydrogen) atoms. The molecule has 3 heteroatoms. The Kier molecular flexibility index (Phi) is 8.40. The second kappa shape index (κ2) is 8.34. The fourth-order valence-corrected chi connectivity index (χ4v) is 2.67. The molecule has 1 N–H and O–H groups in total. The van der Waals surface area contributed by atoms with Gasteiger partial charge in [0.2, 0.25) is 0 Å². The zero-order valence-corrected chi connectivity index (χ0v) is 14.4. The van der Waals surface area contributed by atoms with E-state index in [1.807, 2.05) is 0 Å². The third kappa shape index (κ3) is 7.55. The SMILES string of the molecule is C[C@@H](CO)CCCCCCO[Si](C)(C)C(C)(C)C. The smallest absolute Gasteiger partial charge is 0.191 e. The molecule has 0 spiro atoms. The number of hydrogen-bond donors (Lipinski definition) is 1. The van der Waals surface area contributed by atoms with Gasteiger partial charge in [-0.05, 0) is 36.9 Å². The molecule has 0 aromatic carbocycles. The molecule has 1 atom stereocenters. The van der Waals surface area contributed by atoms with Crippen molar-refractivity contribution in [1.82, 2.24) is 0 Å². The van der Waals surface area contributed by atoms with Crippen LogP contribution in [0.5, 0.6) is 0 Å². The van der Waals surface area contributed by atoms with Crippen LogP contribution in [-0.2, 0) is 4.43 Å². The molecule has 0 aromatic rings. The summed E-state index contributed by atoms with van der Waals surface area (Å²) in [5, 5.41) is 9.25. The van der Waals surface area contributed by atoms with Gasteiger partial charge in [0.25, 0.3) is 0 Å². The quantitative estimate of drug-likeness (QED) is 0.492. The van der Waals surface area contributed by atoms with Gasteiger partial charge in [0.05, 0.1) is 0 Å². The molecular formula is C15H34O2Si. The summed E-state index contributed by atoms with van der Waals surface area (Å²) < 4.78 is 6.14. The molecule has 0 amide bonds. The van der Waals surface area contributed by atoms with E-state index < -0.39 is 8.32 Å². The van der Waals surface area contributed by atoms with Crippen molar-refractivity contribution in [3.63, 3.8) is 0 Å². The molecule has 110 valence electrons. The molecule has 0 saturated carbocycles. The largest absolute Gasteiger partial charge is 0.417 e. The molecule has 0 fully saturated rings.